The van der Waals surface area contributed by atoms with Gasteiger partial charge in [0.2, 0.25) is 0 Å². The van der Waals surface area contributed by atoms with Crippen molar-refractivity contribution >= 4 is 34.1 Å². The van der Waals surface area contributed by atoms with Crippen LogP contribution >= 0.6 is 0 Å². The number of nitro benzene ring substituents is 2. The zero-order chi connectivity index (χ0) is 25.7. The van der Waals surface area contributed by atoms with Crippen molar-refractivity contribution < 1.29 is 25.2 Å². The summed E-state index contributed by atoms with van der Waals surface area (Å²) in [6.07, 6.45) is 0. The standard InChI is InChI=1S/C12H19N3O4.C9H13N3O3/c1-2-14(6-8-17)10-3-4-11(13-5-7-16)12(9-10)15(18)19;1-6-4-7(10)9(12(14)15)5-8(6)11-2-3-13/h3-4,9,13,16-17H,2,5-8H2,1H3;4-5,11,13H,2-3,10H2,1H3. The van der Waals surface area contributed by atoms with Gasteiger partial charge in [0.25, 0.3) is 11.4 Å². The Morgan fingerprint density at radius 3 is 2.00 bits per heavy atom. The molecule has 0 fully saturated rings. The van der Waals surface area contributed by atoms with Crippen LogP contribution in [0.15, 0.2) is 30.3 Å². The maximum Gasteiger partial charge on any atom is 0.294 e. The molecule has 0 radical (unpaired) electrons. The van der Waals surface area contributed by atoms with Crippen molar-refractivity contribution in [2.45, 2.75) is 13.8 Å². The van der Waals surface area contributed by atoms with Crippen molar-refractivity contribution in [2.24, 2.45) is 0 Å². The van der Waals surface area contributed by atoms with Crippen LogP contribution in [0.1, 0.15) is 12.5 Å². The second-order valence-corrected chi connectivity index (χ2v) is 7.05. The number of aliphatic hydroxyl groups excluding tert-OH is 3. The fourth-order valence-corrected chi connectivity index (χ4v) is 3.06. The predicted octanol–water partition coefficient (Wildman–Crippen LogP) is 1.71. The first-order chi connectivity index (χ1) is 16.2. The zero-order valence-corrected chi connectivity index (χ0v) is 19.2. The zero-order valence-electron chi connectivity index (χ0n) is 19.2. The molecule has 13 nitrogen and oxygen atoms in total. The molecule has 0 saturated heterocycles. The summed E-state index contributed by atoms with van der Waals surface area (Å²) in [4.78, 5) is 22.5. The number of hydrogen-bond donors (Lipinski definition) is 6. The summed E-state index contributed by atoms with van der Waals surface area (Å²) in [5.41, 5.74) is 7.98. The Morgan fingerprint density at radius 1 is 0.912 bits per heavy atom. The van der Waals surface area contributed by atoms with E-state index < -0.39 is 9.85 Å². The number of likely N-dealkylation sites (N-methyl/N-ethyl adjacent to an activating group) is 1. The SMILES string of the molecule is CCN(CCO)c1ccc(NCCO)c([N+](=O)[O-])c1.Cc1cc(N)c([N+](=O)[O-])cc1NCCO. The highest BCUT2D eigenvalue weighted by molar-refractivity contribution is 5.69. The first kappa shape index (κ1) is 28.4. The molecule has 0 atom stereocenters. The van der Waals surface area contributed by atoms with E-state index in [9.17, 15) is 20.2 Å². The molecule has 0 bridgehead atoms. The third kappa shape index (κ3) is 8.35. The first-order valence-corrected chi connectivity index (χ1v) is 10.6. The van der Waals surface area contributed by atoms with E-state index in [2.05, 4.69) is 10.6 Å². The Bertz CT molecular complexity index is 957. The lowest BCUT2D eigenvalue weighted by Crippen LogP contribution is -2.26. The fourth-order valence-electron chi connectivity index (χ4n) is 3.06. The average Bonchev–Trinajstić information content (AvgIpc) is 2.80. The summed E-state index contributed by atoms with van der Waals surface area (Å²) in [5, 5.41) is 53.7. The first-order valence-electron chi connectivity index (χ1n) is 10.6. The Morgan fingerprint density at radius 2 is 1.50 bits per heavy atom. The summed E-state index contributed by atoms with van der Waals surface area (Å²) < 4.78 is 0. The van der Waals surface area contributed by atoms with E-state index in [0.29, 0.717) is 36.7 Å². The molecule has 0 saturated carbocycles. The van der Waals surface area contributed by atoms with Crippen LogP contribution in [-0.2, 0) is 0 Å². The van der Waals surface area contributed by atoms with Gasteiger partial charge in [-0.05, 0) is 37.6 Å². The summed E-state index contributed by atoms with van der Waals surface area (Å²) >= 11 is 0. The smallest absolute Gasteiger partial charge is 0.294 e. The molecule has 0 unspecified atom stereocenters. The van der Waals surface area contributed by atoms with Gasteiger partial charge >= 0.3 is 0 Å². The molecule has 2 rings (SSSR count). The van der Waals surface area contributed by atoms with Gasteiger partial charge in [0.15, 0.2) is 0 Å². The van der Waals surface area contributed by atoms with Gasteiger partial charge < -0.3 is 36.6 Å². The molecule has 0 heterocycles. The molecule has 0 spiro atoms. The van der Waals surface area contributed by atoms with Gasteiger partial charge in [-0.1, -0.05) is 0 Å². The van der Waals surface area contributed by atoms with E-state index in [1.54, 1.807) is 19.1 Å². The lowest BCUT2D eigenvalue weighted by molar-refractivity contribution is -0.384. The van der Waals surface area contributed by atoms with Crippen molar-refractivity contribution in [1.29, 1.82) is 0 Å². The number of nitro groups is 2. The van der Waals surface area contributed by atoms with Crippen LogP contribution < -0.4 is 21.3 Å². The molecular weight excluding hydrogens is 448 g/mol. The van der Waals surface area contributed by atoms with E-state index in [1.165, 1.54) is 18.2 Å². The highest BCUT2D eigenvalue weighted by atomic mass is 16.6. The maximum atomic E-state index is 11.0. The molecule has 13 heteroatoms. The highest BCUT2D eigenvalue weighted by Crippen LogP contribution is 2.30. The largest absolute Gasteiger partial charge is 0.395 e. The van der Waals surface area contributed by atoms with Gasteiger partial charge in [0, 0.05) is 49.7 Å². The van der Waals surface area contributed by atoms with Crippen LogP contribution in [0.2, 0.25) is 0 Å². The Balaban J connectivity index is 0.000000350. The van der Waals surface area contributed by atoms with Crippen molar-refractivity contribution in [2.75, 3.05) is 67.3 Å². The summed E-state index contributed by atoms with van der Waals surface area (Å²) in [6, 6.07) is 7.76. The minimum atomic E-state index is -0.529. The number of anilines is 4. The number of benzene rings is 2. The molecule has 34 heavy (non-hydrogen) atoms. The summed E-state index contributed by atoms with van der Waals surface area (Å²) in [6.45, 7) is 5.27. The molecule has 7 N–H and O–H groups in total. The number of aryl methyl sites for hydroxylation is 1. The predicted molar refractivity (Wildman–Crippen MR) is 131 cm³/mol. The van der Waals surface area contributed by atoms with Crippen molar-refractivity contribution in [1.82, 2.24) is 0 Å². The van der Waals surface area contributed by atoms with Gasteiger partial charge in [-0.15, -0.1) is 0 Å². The average molecular weight is 481 g/mol. The van der Waals surface area contributed by atoms with Gasteiger partial charge in [-0.3, -0.25) is 20.2 Å². The maximum absolute atomic E-state index is 11.0. The van der Waals surface area contributed by atoms with Gasteiger partial charge in [-0.25, -0.2) is 0 Å². The second kappa shape index (κ2) is 14.5. The van der Waals surface area contributed by atoms with Gasteiger partial charge in [-0.2, -0.15) is 0 Å². The Labute approximate surface area is 197 Å². The molecule has 0 aliphatic carbocycles. The van der Waals surface area contributed by atoms with E-state index in [1.807, 2.05) is 11.8 Å². The molecule has 0 aromatic heterocycles. The number of aliphatic hydroxyl groups is 3. The van der Waals surface area contributed by atoms with Crippen LogP contribution in [0.3, 0.4) is 0 Å². The van der Waals surface area contributed by atoms with E-state index in [-0.39, 0.29) is 43.4 Å². The number of rotatable bonds is 12. The van der Waals surface area contributed by atoms with Crippen LogP contribution in [0, 0.1) is 27.2 Å². The van der Waals surface area contributed by atoms with Crippen molar-refractivity contribution in [3.63, 3.8) is 0 Å². The van der Waals surface area contributed by atoms with E-state index in [4.69, 9.17) is 21.1 Å². The number of nitrogens with zero attached hydrogens (tertiary/aromatic N) is 3. The highest BCUT2D eigenvalue weighted by Gasteiger charge is 2.16. The Hall–Kier alpha value is -3.68. The van der Waals surface area contributed by atoms with Crippen LogP contribution in [0.4, 0.5) is 34.1 Å². The normalized spacial score (nSPS) is 10.1. The summed E-state index contributed by atoms with van der Waals surface area (Å²) in [5.74, 6) is 0. The number of nitrogens with two attached hydrogens (primary N) is 1. The van der Waals surface area contributed by atoms with Gasteiger partial charge in [0.1, 0.15) is 11.4 Å². The Kier molecular flexibility index (Phi) is 12.1. The molecule has 2 aromatic carbocycles. The number of nitrogen functional groups attached to an aromatic ring is 1. The number of hydrogen-bond acceptors (Lipinski definition) is 11. The third-order valence-electron chi connectivity index (χ3n) is 4.72. The molecule has 2 aromatic rings. The van der Waals surface area contributed by atoms with E-state index >= 15 is 0 Å². The molecule has 188 valence electrons. The molecule has 0 aliphatic rings. The third-order valence-corrected chi connectivity index (χ3v) is 4.72. The quantitative estimate of drug-likeness (QED) is 0.147. The van der Waals surface area contributed by atoms with Crippen molar-refractivity contribution in [3.05, 3.63) is 56.1 Å². The molecule has 0 amide bonds. The van der Waals surface area contributed by atoms with Crippen LogP contribution in [0.25, 0.3) is 0 Å². The lowest BCUT2D eigenvalue weighted by atomic mass is 10.1. The lowest BCUT2D eigenvalue weighted by Gasteiger charge is -2.22. The summed E-state index contributed by atoms with van der Waals surface area (Å²) in [7, 11) is 0. The van der Waals surface area contributed by atoms with Crippen LogP contribution in [-0.4, -0.2) is 71.2 Å². The van der Waals surface area contributed by atoms with Crippen molar-refractivity contribution in [3.8, 4) is 0 Å². The minimum absolute atomic E-state index is 0.00779. The number of nitrogens with one attached hydrogen (secondary N) is 2. The minimum Gasteiger partial charge on any atom is -0.395 e. The monoisotopic (exact) mass is 480 g/mol. The topological polar surface area (TPSA) is 200 Å². The van der Waals surface area contributed by atoms with E-state index in [0.717, 1.165) is 5.56 Å². The molecular formula is C21H32N6O7. The molecule has 0 aliphatic heterocycles. The van der Waals surface area contributed by atoms with Gasteiger partial charge in [0.05, 0.1) is 29.7 Å². The second-order valence-electron chi connectivity index (χ2n) is 7.05. The fraction of sp³-hybridized carbons (Fsp3) is 0.429. The van der Waals surface area contributed by atoms with Crippen LogP contribution in [0.5, 0.6) is 0 Å².